The molecule has 1 aliphatic heterocycles. The van der Waals surface area contributed by atoms with Crippen LogP contribution in [0.5, 0.6) is 0 Å². The molecule has 6 heteroatoms. The SMILES string of the molecule is COCCN1CC(C(=O)NCC2(N(C)C)CCCC2)CC1=O. The van der Waals surface area contributed by atoms with Crippen LogP contribution < -0.4 is 5.32 Å². The standard InChI is InChI=1S/C16H29N3O3/c1-18(2)16(6-4-5-7-16)12-17-15(21)13-10-14(20)19(11-13)8-9-22-3/h13H,4-12H2,1-3H3,(H,17,21). The third-order valence-corrected chi connectivity index (χ3v) is 5.23. The first kappa shape index (κ1) is 17.2. The van der Waals surface area contributed by atoms with Crippen LogP contribution in [-0.4, -0.2) is 74.6 Å². The molecule has 2 aliphatic rings. The van der Waals surface area contributed by atoms with Crippen molar-refractivity contribution in [1.82, 2.24) is 15.1 Å². The van der Waals surface area contributed by atoms with Crippen LogP contribution in [0.4, 0.5) is 0 Å². The molecule has 6 nitrogen and oxygen atoms in total. The number of carbonyl (C=O) groups excluding carboxylic acids is 2. The molecule has 1 saturated heterocycles. The number of nitrogens with one attached hydrogen (secondary N) is 1. The second-order valence-corrected chi connectivity index (χ2v) is 6.78. The number of carbonyl (C=O) groups is 2. The van der Waals surface area contributed by atoms with Crippen molar-refractivity contribution in [1.29, 1.82) is 0 Å². The second kappa shape index (κ2) is 7.42. The molecule has 0 spiro atoms. The quantitative estimate of drug-likeness (QED) is 0.742. The van der Waals surface area contributed by atoms with Crippen LogP contribution in [0.25, 0.3) is 0 Å². The van der Waals surface area contributed by atoms with Gasteiger partial charge in [0.15, 0.2) is 0 Å². The van der Waals surface area contributed by atoms with Gasteiger partial charge in [0.05, 0.1) is 12.5 Å². The zero-order valence-corrected chi connectivity index (χ0v) is 14.1. The summed E-state index contributed by atoms with van der Waals surface area (Å²) in [5, 5.41) is 3.10. The Morgan fingerprint density at radius 2 is 2.09 bits per heavy atom. The van der Waals surface area contributed by atoms with Gasteiger partial charge in [0, 0.05) is 38.7 Å². The number of likely N-dealkylation sites (N-methyl/N-ethyl adjacent to an activating group) is 1. The predicted molar refractivity (Wildman–Crippen MR) is 84.5 cm³/mol. The van der Waals surface area contributed by atoms with E-state index >= 15 is 0 Å². The third-order valence-electron chi connectivity index (χ3n) is 5.23. The summed E-state index contributed by atoms with van der Waals surface area (Å²) < 4.78 is 5.00. The molecule has 1 N–H and O–H groups in total. The van der Waals surface area contributed by atoms with E-state index in [2.05, 4.69) is 24.3 Å². The minimum atomic E-state index is -0.218. The van der Waals surface area contributed by atoms with Crippen LogP contribution in [0.1, 0.15) is 32.1 Å². The molecule has 1 atom stereocenters. The van der Waals surface area contributed by atoms with Crippen molar-refractivity contribution in [2.75, 3.05) is 47.4 Å². The smallest absolute Gasteiger partial charge is 0.225 e. The largest absolute Gasteiger partial charge is 0.383 e. The van der Waals surface area contributed by atoms with E-state index in [9.17, 15) is 9.59 Å². The van der Waals surface area contributed by atoms with Gasteiger partial charge in [-0.3, -0.25) is 9.59 Å². The van der Waals surface area contributed by atoms with Crippen molar-refractivity contribution in [3.05, 3.63) is 0 Å². The maximum atomic E-state index is 12.4. The maximum Gasteiger partial charge on any atom is 0.225 e. The summed E-state index contributed by atoms with van der Waals surface area (Å²) >= 11 is 0. The molecule has 0 aromatic carbocycles. The fourth-order valence-corrected chi connectivity index (χ4v) is 3.58. The van der Waals surface area contributed by atoms with Crippen LogP contribution >= 0.6 is 0 Å². The van der Waals surface area contributed by atoms with Gasteiger partial charge in [-0.05, 0) is 26.9 Å². The Bertz CT molecular complexity index is 405. The molecule has 1 heterocycles. The highest BCUT2D eigenvalue weighted by molar-refractivity contribution is 5.89. The molecule has 2 rings (SSSR count). The molecular formula is C16H29N3O3. The van der Waals surface area contributed by atoms with E-state index in [1.807, 2.05) is 0 Å². The lowest BCUT2D eigenvalue weighted by Gasteiger charge is -2.36. The Morgan fingerprint density at radius 3 is 2.68 bits per heavy atom. The summed E-state index contributed by atoms with van der Waals surface area (Å²) in [6.07, 6.45) is 5.03. The molecule has 0 radical (unpaired) electrons. The zero-order chi connectivity index (χ0) is 16.2. The van der Waals surface area contributed by atoms with Crippen LogP contribution in [0, 0.1) is 5.92 Å². The number of rotatable bonds is 7. The van der Waals surface area contributed by atoms with Gasteiger partial charge >= 0.3 is 0 Å². The van der Waals surface area contributed by atoms with E-state index in [1.54, 1.807) is 12.0 Å². The van der Waals surface area contributed by atoms with Gasteiger partial charge in [-0.15, -0.1) is 0 Å². The van der Waals surface area contributed by atoms with E-state index in [0.29, 0.717) is 32.7 Å². The van der Waals surface area contributed by atoms with Crippen molar-refractivity contribution in [3.8, 4) is 0 Å². The number of ether oxygens (including phenoxy) is 1. The van der Waals surface area contributed by atoms with Gasteiger partial charge in [0.2, 0.25) is 11.8 Å². The maximum absolute atomic E-state index is 12.4. The van der Waals surface area contributed by atoms with Crippen molar-refractivity contribution < 1.29 is 14.3 Å². The Kier molecular flexibility index (Phi) is 5.81. The lowest BCUT2D eigenvalue weighted by atomic mass is 9.95. The number of methoxy groups -OCH3 is 1. The lowest BCUT2D eigenvalue weighted by molar-refractivity contribution is -0.129. The Morgan fingerprint density at radius 1 is 1.41 bits per heavy atom. The Labute approximate surface area is 133 Å². The van der Waals surface area contributed by atoms with Gasteiger partial charge in [0.1, 0.15) is 0 Å². The Balaban J connectivity index is 1.84. The monoisotopic (exact) mass is 311 g/mol. The summed E-state index contributed by atoms with van der Waals surface area (Å²) in [6.45, 7) is 2.29. The third kappa shape index (κ3) is 3.79. The molecule has 126 valence electrons. The lowest BCUT2D eigenvalue weighted by Crippen LogP contribution is -2.51. The van der Waals surface area contributed by atoms with Gasteiger partial charge in [0.25, 0.3) is 0 Å². The first-order valence-electron chi connectivity index (χ1n) is 8.20. The molecule has 1 unspecified atom stereocenters. The minimum Gasteiger partial charge on any atom is -0.383 e. The van der Waals surface area contributed by atoms with Crippen LogP contribution in [0.15, 0.2) is 0 Å². The highest BCUT2D eigenvalue weighted by Gasteiger charge is 2.38. The minimum absolute atomic E-state index is 0.0152. The van der Waals surface area contributed by atoms with Crippen molar-refractivity contribution in [3.63, 3.8) is 0 Å². The summed E-state index contributed by atoms with van der Waals surface area (Å²) in [5.41, 5.74) is 0.0913. The average Bonchev–Trinajstić information content (AvgIpc) is 3.10. The number of likely N-dealkylation sites (tertiary alicyclic amines) is 1. The molecule has 2 amide bonds. The summed E-state index contributed by atoms with van der Waals surface area (Å²) in [6, 6.07) is 0. The average molecular weight is 311 g/mol. The van der Waals surface area contributed by atoms with Gasteiger partial charge in [-0.25, -0.2) is 0 Å². The molecule has 0 aromatic heterocycles. The molecule has 1 saturated carbocycles. The number of nitrogens with zero attached hydrogens (tertiary/aromatic N) is 2. The van der Waals surface area contributed by atoms with Gasteiger partial charge < -0.3 is 19.9 Å². The van der Waals surface area contributed by atoms with Crippen LogP contribution in [0.2, 0.25) is 0 Å². The second-order valence-electron chi connectivity index (χ2n) is 6.78. The van der Waals surface area contributed by atoms with E-state index in [1.165, 1.54) is 12.8 Å². The van der Waals surface area contributed by atoms with Crippen molar-refractivity contribution >= 4 is 11.8 Å². The Hall–Kier alpha value is -1.14. The first-order valence-corrected chi connectivity index (χ1v) is 8.20. The highest BCUT2D eigenvalue weighted by Crippen LogP contribution is 2.33. The molecule has 0 aromatic rings. The van der Waals surface area contributed by atoms with Crippen molar-refractivity contribution in [2.24, 2.45) is 5.92 Å². The molecule has 1 aliphatic carbocycles. The first-order chi connectivity index (χ1) is 10.5. The highest BCUT2D eigenvalue weighted by atomic mass is 16.5. The van der Waals surface area contributed by atoms with Gasteiger partial charge in [-0.2, -0.15) is 0 Å². The predicted octanol–water partition coefficient (Wildman–Crippen LogP) is 0.472. The normalized spacial score (nSPS) is 24.3. The summed E-state index contributed by atoms with van der Waals surface area (Å²) in [7, 11) is 5.79. The zero-order valence-electron chi connectivity index (χ0n) is 14.1. The summed E-state index contributed by atoms with van der Waals surface area (Å²) in [4.78, 5) is 28.3. The number of hydrogen-bond donors (Lipinski definition) is 1. The molecule has 2 fully saturated rings. The van der Waals surface area contributed by atoms with Crippen LogP contribution in [0.3, 0.4) is 0 Å². The fourth-order valence-electron chi connectivity index (χ4n) is 3.58. The number of amides is 2. The molecule has 22 heavy (non-hydrogen) atoms. The summed E-state index contributed by atoms with van der Waals surface area (Å²) in [5.74, 6) is -0.147. The van der Waals surface area contributed by atoms with E-state index in [0.717, 1.165) is 12.8 Å². The number of hydrogen-bond acceptors (Lipinski definition) is 4. The molecular weight excluding hydrogens is 282 g/mol. The fraction of sp³-hybridized carbons (Fsp3) is 0.875. The van der Waals surface area contributed by atoms with Gasteiger partial charge in [-0.1, -0.05) is 12.8 Å². The topological polar surface area (TPSA) is 61.9 Å². The van der Waals surface area contributed by atoms with Crippen molar-refractivity contribution in [2.45, 2.75) is 37.6 Å². The van der Waals surface area contributed by atoms with E-state index < -0.39 is 0 Å². The van der Waals surface area contributed by atoms with E-state index in [4.69, 9.17) is 4.74 Å². The van der Waals surface area contributed by atoms with E-state index in [-0.39, 0.29) is 23.3 Å². The molecule has 0 bridgehead atoms. The van der Waals surface area contributed by atoms with Crippen LogP contribution in [-0.2, 0) is 14.3 Å².